The number of aromatic nitrogens is 3. The fraction of sp³-hybridized carbons (Fsp3) is 0.250. The van der Waals surface area contributed by atoms with Crippen molar-refractivity contribution in [1.29, 1.82) is 0 Å². The first-order chi connectivity index (χ1) is 11.5. The molecule has 0 saturated carbocycles. The summed E-state index contributed by atoms with van der Waals surface area (Å²) in [5.74, 6) is 0.178. The lowest BCUT2D eigenvalue weighted by Crippen LogP contribution is -2.30. The summed E-state index contributed by atoms with van der Waals surface area (Å²) in [7, 11) is 0. The Morgan fingerprint density at radius 1 is 1.46 bits per heavy atom. The highest BCUT2D eigenvalue weighted by atomic mass is 35.5. The van der Waals surface area contributed by atoms with E-state index in [9.17, 15) is 14.9 Å². The molecular formula is C12H14ClN7O3S. The number of hydrogen-bond acceptors (Lipinski definition) is 8. The van der Waals surface area contributed by atoms with Crippen LogP contribution in [0.25, 0.3) is 0 Å². The Kier molecular flexibility index (Phi) is 6.21. The number of anilines is 2. The van der Waals surface area contributed by atoms with Crippen LogP contribution in [0.4, 0.5) is 17.3 Å². The summed E-state index contributed by atoms with van der Waals surface area (Å²) >= 11 is 7.11. The highest BCUT2D eigenvalue weighted by Crippen LogP contribution is 2.26. The SMILES string of the molecule is Nc1nc(SCC(=O)NCCNc2ccc([N+](=O)[O-])cc2Cl)n[nH]1. The molecule has 1 heterocycles. The summed E-state index contributed by atoms with van der Waals surface area (Å²) in [5.41, 5.74) is 5.85. The molecule has 12 heteroatoms. The molecule has 10 nitrogen and oxygen atoms in total. The maximum Gasteiger partial charge on any atom is 0.271 e. The number of carbonyl (C=O) groups is 1. The van der Waals surface area contributed by atoms with E-state index in [0.717, 1.165) is 11.8 Å². The standard InChI is InChI=1S/C12H14ClN7O3S/c13-8-5-7(20(22)23)1-2-9(8)15-3-4-16-10(21)6-24-12-17-11(14)18-19-12/h1-2,5,15H,3-4,6H2,(H,16,21)(H3,14,17,18,19). The average molecular weight is 372 g/mol. The van der Waals surface area contributed by atoms with Gasteiger partial charge in [-0.3, -0.25) is 14.9 Å². The number of thioether (sulfide) groups is 1. The Morgan fingerprint density at radius 3 is 2.88 bits per heavy atom. The number of rotatable bonds is 8. The first-order valence-corrected chi connectivity index (χ1v) is 8.07. The van der Waals surface area contributed by atoms with E-state index in [1.165, 1.54) is 18.2 Å². The van der Waals surface area contributed by atoms with E-state index < -0.39 is 4.92 Å². The van der Waals surface area contributed by atoms with Crippen LogP contribution in [0.3, 0.4) is 0 Å². The Bertz CT molecular complexity index is 739. The maximum absolute atomic E-state index is 11.7. The lowest BCUT2D eigenvalue weighted by atomic mass is 10.3. The number of nitrogens with two attached hydrogens (primary N) is 1. The molecule has 0 radical (unpaired) electrons. The molecule has 1 aromatic heterocycles. The first-order valence-electron chi connectivity index (χ1n) is 6.71. The molecule has 0 aliphatic carbocycles. The number of H-pyrrole nitrogens is 1. The molecule has 0 saturated heterocycles. The van der Waals surface area contributed by atoms with Crippen LogP contribution in [0.1, 0.15) is 0 Å². The zero-order valence-electron chi connectivity index (χ0n) is 12.3. The topological polar surface area (TPSA) is 152 Å². The van der Waals surface area contributed by atoms with E-state index in [0.29, 0.717) is 23.9 Å². The summed E-state index contributed by atoms with van der Waals surface area (Å²) in [5, 5.41) is 23.2. The fourth-order valence-corrected chi connectivity index (χ4v) is 2.54. The van der Waals surface area contributed by atoms with Crippen LogP contribution in [-0.2, 0) is 4.79 Å². The third-order valence-corrected chi connectivity index (χ3v) is 3.90. The van der Waals surface area contributed by atoms with Crippen LogP contribution in [-0.4, -0.2) is 44.9 Å². The molecule has 128 valence electrons. The van der Waals surface area contributed by atoms with Crippen LogP contribution in [0.2, 0.25) is 5.02 Å². The van der Waals surface area contributed by atoms with Crippen molar-refractivity contribution in [2.75, 3.05) is 29.9 Å². The van der Waals surface area contributed by atoms with Gasteiger partial charge in [0, 0.05) is 25.2 Å². The summed E-state index contributed by atoms with van der Waals surface area (Å²) in [6.07, 6.45) is 0. The molecule has 0 unspecified atom stereocenters. The van der Waals surface area contributed by atoms with Crippen molar-refractivity contribution in [3.05, 3.63) is 33.3 Å². The van der Waals surface area contributed by atoms with E-state index >= 15 is 0 Å². The monoisotopic (exact) mass is 371 g/mol. The van der Waals surface area contributed by atoms with Gasteiger partial charge in [0.15, 0.2) is 0 Å². The van der Waals surface area contributed by atoms with E-state index in [-0.39, 0.29) is 28.3 Å². The van der Waals surface area contributed by atoms with Crippen LogP contribution < -0.4 is 16.4 Å². The normalized spacial score (nSPS) is 10.4. The van der Waals surface area contributed by atoms with Crippen molar-refractivity contribution in [3.8, 4) is 0 Å². The van der Waals surface area contributed by atoms with E-state index in [1.807, 2.05) is 0 Å². The van der Waals surface area contributed by atoms with Gasteiger partial charge in [-0.05, 0) is 6.07 Å². The second-order valence-corrected chi connectivity index (χ2v) is 5.84. The molecule has 0 aliphatic heterocycles. The van der Waals surface area contributed by atoms with Crippen LogP contribution in [0.15, 0.2) is 23.4 Å². The molecule has 0 fully saturated rings. The molecule has 0 spiro atoms. The largest absolute Gasteiger partial charge is 0.382 e. The van der Waals surface area contributed by atoms with Gasteiger partial charge in [0.2, 0.25) is 17.0 Å². The number of benzene rings is 1. The van der Waals surface area contributed by atoms with Crippen molar-refractivity contribution in [3.63, 3.8) is 0 Å². The lowest BCUT2D eigenvalue weighted by molar-refractivity contribution is -0.384. The number of hydrogen-bond donors (Lipinski definition) is 4. The van der Waals surface area contributed by atoms with Crippen molar-refractivity contribution in [1.82, 2.24) is 20.5 Å². The Hall–Kier alpha value is -2.53. The first kappa shape index (κ1) is 17.8. The third kappa shape index (κ3) is 5.28. The minimum atomic E-state index is -0.518. The summed E-state index contributed by atoms with van der Waals surface area (Å²) in [4.78, 5) is 25.6. The lowest BCUT2D eigenvalue weighted by Gasteiger charge is -2.09. The number of nitrogens with zero attached hydrogens (tertiary/aromatic N) is 3. The highest BCUT2D eigenvalue weighted by molar-refractivity contribution is 7.99. The van der Waals surface area contributed by atoms with Gasteiger partial charge in [-0.25, -0.2) is 5.10 Å². The molecule has 1 aromatic carbocycles. The Balaban J connectivity index is 1.69. The van der Waals surface area contributed by atoms with Gasteiger partial charge in [0.1, 0.15) is 0 Å². The Labute approximate surface area is 145 Å². The van der Waals surface area contributed by atoms with Crippen LogP contribution in [0, 0.1) is 10.1 Å². The molecule has 1 amide bonds. The number of amides is 1. The number of carbonyl (C=O) groups excluding carboxylic acids is 1. The van der Waals surface area contributed by atoms with Gasteiger partial charge in [-0.2, -0.15) is 4.98 Å². The number of aromatic amines is 1. The molecular weight excluding hydrogens is 358 g/mol. The second-order valence-electron chi connectivity index (χ2n) is 4.49. The predicted molar refractivity (Wildman–Crippen MR) is 91.1 cm³/mol. The van der Waals surface area contributed by atoms with Crippen molar-refractivity contribution < 1.29 is 9.72 Å². The number of nitrogen functional groups attached to an aromatic ring is 1. The van der Waals surface area contributed by atoms with Crippen molar-refractivity contribution in [2.24, 2.45) is 0 Å². The smallest absolute Gasteiger partial charge is 0.271 e. The van der Waals surface area contributed by atoms with Gasteiger partial charge < -0.3 is 16.4 Å². The van der Waals surface area contributed by atoms with Crippen LogP contribution in [0.5, 0.6) is 0 Å². The fourth-order valence-electron chi connectivity index (χ4n) is 1.66. The number of nitrogens with one attached hydrogen (secondary N) is 3. The zero-order chi connectivity index (χ0) is 17.5. The van der Waals surface area contributed by atoms with Crippen molar-refractivity contribution in [2.45, 2.75) is 5.16 Å². The number of non-ortho nitro benzene ring substituents is 1. The zero-order valence-corrected chi connectivity index (χ0v) is 13.9. The third-order valence-electron chi connectivity index (χ3n) is 2.74. The average Bonchev–Trinajstić information content (AvgIpc) is 2.96. The molecule has 24 heavy (non-hydrogen) atoms. The maximum atomic E-state index is 11.7. The quantitative estimate of drug-likeness (QED) is 0.234. The molecule has 0 bridgehead atoms. The molecule has 0 aliphatic rings. The minimum Gasteiger partial charge on any atom is -0.382 e. The second kappa shape index (κ2) is 8.36. The number of nitro benzene ring substituents is 1. The van der Waals surface area contributed by atoms with E-state index in [1.54, 1.807) is 0 Å². The van der Waals surface area contributed by atoms with Gasteiger partial charge in [-0.15, -0.1) is 5.10 Å². The Morgan fingerprint density at radius 2 is 2.25 bits per heavy atom. The number of halogens is 1. The molecule has 2 aromatic rings. The summed E-state index contributed by atoms with van der Waals surface area (Å²) in [6, 6.07) is 4.14. The summed E-state index contributed by atoms with van der Waals surface area (Å²) < 4.78 is 0. The minimum absolute atomic E-state index is 0.0801. The van der Waals surface area contributed by atoms with E-state index in [4.69, 9.17) is 17.3 Å². The molecule has 5 N–H and O–H groups in total. The van der Waals surface area contributed by atoms with Gasteiger partial charge in [0.05, 0.1) is 21.4 Å². The molecule has 0 atom stereocenters. The van der Waals surface area contributed by atoms with Crippen LogP contribution >= 0.6 is 23.4 Å². The summed E-state index contributed by atoms with van der Waals surface area (Å²) in [6.45, 7) is 0.782. The van der Waals surface area contributed by atoms with Gasteiger partial charge in [-0.1, -0.05) is 23.4 Å². The van der Waals surface area contributed by atoms with E-state index in [2.05, 4.69) is 25.8 Å². The number of nitro groups is 1. The highest BCUT2D eigenvalue weighted by Gasteiger charge is 2.09. The predicted octanol–water partition coefficient (Wildman–Crippen LogP) is 1.27. The van der Waals surface area contributed by atoms with Gasteiger partial charge in [0.25, 0.3) is 5.69 Å². The molecule has 2 rings (SSSR count). The van der Waals surface area contributed by atoms with Gasteiger partial charge >= 0.3 is 0 Å². The van der Waals surface area contributed by atoms with Crippen molar-refractivity contribution >= 4 is 46.6 Å².